The minimum atomic E-state index is 0.318. The molecule has 2 saturated heterocycles. The molecular weight excluding hydrogens is 226 g/mol. The molecule has 2 atom stereocenters. The van der Waals surface area contributed by atoms with Crippen LogP contribution in [0, 0.1) is 11.8 Å². The number of carbonyl (C=O) groups excluding carboxylic acids is 1. The van der Waals surface area contributed by atoms with Gasteiger partial charge in [0.2, 0.25) is 5.91 Å². The van der Waals surface area contributed by atoms with Crippen LogP contribution in [0.1, 0.15) is 26.2 Å². The average Bonchev–Trinajstić information content (AvgIpc) is 2.68. The van der Waals surface area contributed by atoms with Crippen LogP contribution in [0.25, 0.3) is 0 Å². The Hall–Kier alpha value is -0.610. The third kappa shape index (κ3) is 3.45. The molecule has 0 radical (unpaired) electrons. The summed E-state index contributed by atoms with van der Waals surface area (Å²) in [5.74, 6) is 1.92. The lowest BCUT2D eigenvalue weighted by atomic mass is 9.92. The fraction of sp³-hybridized carbons (Fsp3) is 0.929. The number of likely N-dealkylation sites (tertiary alicyclic amines) is 1. The molecule has 18 heavy (non-hydrogen) atoms. The summed E-state index contributed by atoms with van der Waals surface area (Å²) in [4.78, 5) is 16.4. The smallest absolute Gasteiger partial charge is 0.236 e. The van der Waals surface area contributed by atoms with Crippen molar-refractivity contribution < 1.29 is 4.79 Å². The van der Waals surface area contributed by atoms with Crippen LogP contribution in [-0.4, -0.2) is 62.0 Å². The number of nitrogens with zero attached hydrogens (tertiary/aromatic N) is 2. The Morgan fingerprint density at radius 1 is 1.28 bits per heavy atom. The third-order valence-corrected chi connectivity index (χ3v) is 4.38. The number of amides is 1. The van der Waals surface area contributed by atoms with Crippen molar-refractivity contribution in [3.63, 3.8) is 0 Å². The van der Waals surface area contributed by atoms with E-state index in [1.54, 1.807) is 0 Å². The van der Waals surface area contributed by atoms with Crippen LogP contribution < -0.4 is 5.32 Å². The van der Waals surface area contributed by atoms with Crippen LogP contribution in [0.5, 0.6) is 0 Å². The Balaban J connectivity index is 1.80. The van der Waals surface area contributed by atoms with Crippen molar-refractivity contribution >= 4 is 5.91 Å². The molecule has 104 valence electrons. The second-order valence-corrected chi connectivity index (χ2v) is 5.87. The number of fused-ring (bicyclic) bond motifs is 1. The third-order valence-electron chi connectivity index (χ3n) is 4.38. The zero-order chi connectivity index (χ0) is 13.0. The predicted molar refractivity (Wildman–Crippen MR) is 73.5 cm³/mol. The van der Waals surface area contributed by atoms with Gasteiger partial charge in [0.1, 0.15) is 0 Å². The van der Waals surface area contributed by atoms with Crippen LogP contribution in [0.4, 0.5) is 0 Å². The predicted octanol–water partition coefficient (Wildman–Crippen LogP) is 0.786. The van der Waals surface area contributed by atoms with Crippen LogP contribution in [-0.2, 0) is 4.79 Å². The van der Waals surface area contributed by atoms with E-state index >= 15 is 0 Å². The summed E-state index contributed by atoms with van der Waals surface area (Å²) >= 11 is 0. The van der Waals surface area contributed by atoms with Gasteiger partial charge in [-0.05, 0) is 57.8 Å². The maximum atomic E-state index is 12.2. The summed E-state index contributed by atoms with van der Waals surface area (Å²) in [5.41, 5.74) is 0. The van der Waals surface area contributed by atoms with Gasteiger partial charge in [-0.2, -0.15) is 0 Å². The van der Waals surface area contributed by atoms with Gasteiger partial charge >= 0.3 is 0 Å². The molecule has 2 aliphatic heterocycles. The second kappa shape index (κ2) is 6.53. The largest absolute Gasteiger partial charge is 0.342 e. The lowest BCUT2D eigenvalue weighted by molar-refractivity contribution is -0.132. The SMILES string of the molecule is CCCN(C)CC(=O)N1CC[C@@H]2CNC[C@@H]2CC1. The number of carbonyl (C=O) groups is 1. The molecule has 0 aromatic carbocycles. The molecule has 2 fully saturated rings. The fourth-order valence-corrected chi connectivity index (χ4v) is 3.26. The topological polar surface area (TPSA) is 35.6 Å². The summed E-state index contributed by atoms with van der Waals surface area (Å²) in [5, 5.41) is 3.47. The van der Waals surface area contributed by atoms with Gasteiger partial charge in [-0.3, -0.25) is 9.69 Å². The van der Waals surface area contributed by atoms with Crippen molar-refractivity contribution in [3.05, 3.63) is 0 Å². The number of hydrogen-bond acceptors (Lipinski definition) is 3. The zero-order valence-electron chi connectivity index (χ0n) is 11.8. The minimum Gasteiger partial charge on any atom is -0.342 e. The standard InChI is InChI=1S/C14H27N3O/c1-3-6-16(2)11-14(18)17-7-4-12-9-15-10-13(12)5-8-17/h12-13,15H,3-11H2,1-2H3/t12-,13+. The van der Waals surface area contributed by atoms with E-state index < -0.39 is 0 Å². The molecule has 0 unspecified atom stereocenters. The highest BCUT2D eigenvalue weighted by Gasteiger charge is 2.31. The molecule has 2 aliphatic rings. The van der Waals surface area contributed by atoms with Crippen molar-refractivity contribution in [2.24, 2.45) is 11.8 Å². The zero-order valence-corrected chi connectivity index (χ0v) is 11.8. The van der Waals surface area contributed by atoms with Crippen LogP contribution in [0.3, 0.4) is 0 Å². The van der Waals surface area contributed by atoms with Crippen molar-refractivity contribution in [1.82, 2.24) is 15.1 Å². The Kier molecular flexibility index (Phi) is 5.01. The first kappa shape index (κ1) is 13.8. The van der Waals surface area contributed by atoms with E-state index in [9.17, 15) is 4.79 Å². The van der Waals surface area contributed by atoms with Crippen LogP contribution >= 0.6 is 0 Å². The number of nitrogens with one attached hydrogen (secondary N) is 1. The number of hydrogen-bond donors (Lipinski definition) is 1. The first-order chi connectivity index (χ1) is 8.70. The molecule has 4 heteroatoms. The monoisotopic (exact) mass is 253 g/mol. The van der Waals surface area contributed by atoms with Crippen LogP contribution in [0.15, 0.2) is 0 Å². The summed E-state index contributed by atoms with van der Waals surface area (Å²) in [6.07, 6.45) is 3.47. The fourth-order valence-electron chi connectivity index (χ4n) is 3.26. The molecule has 2 heterocycles. The molecule has 0 spiro atoms. The highest BCUT2D eigenvalue weighted by molar-refractivity contribution is 5.78. The highest BCUT2D eigenvalue weighted by Crippen LogP contribution is 2.27. The van der Waals surface area contributed by atoms with Crippen molar-refractivity contribution in [3.8, 4) is 0 Å². The first-order valence-electron chi connectivity index (χ1n) is 7.37. The Morgan fingerprint density at radius 2 is 1.89 bits per heavy atom. The van der Waals surface area contributed by atoms with Gasteiger partial charge in [0, 0.05) is 13.1 Å². The summed E-state index contributed by atoms with van der Waals surface area (Å²) in [7, 11) is 2.04. The second-order valence-electron chi connectivity index (χ2n) is 5.87. The highest BCUT2D eigenvalue weighted by atomic mass is 16.2. The molecule has 4 nitrogen and oxygen atoms in total. The van der Waals surface area contributed by atoms with Crippen molar-refractivity contribution in [2.45, 2.75) is 26.2 Å². The van der Waals surface area contributed by atoms with Crippen LogP contribution in [0.2, 0.25) is 0 Å². The first-order valence-corrected chi connectivity index (χ1v) is 7.37. The van der Waals surface area contributed by atoms with Crippen molar-refractivity contribution in [2.75, 3.05) is 46.3 Å². The molecule has 2 rings (SSSR count). The molecule has 1 N–H and O–H groups in total. The van der Waals surface area contributed by atoms with Gasteiger partial charge in [0.05, 0.1) is 6.54 Å². The van der Waals surface area contributed by atoms with Gasteiger partial charge in [-0.15, -0.1) is 0 Å². The normalized spacial score (nSPS) is 28.3. The van der Waals surface area contributed by atoms with E-state index in [2.05, 4.69) is 22.0 Å². The number of rotatable bonds is 4. The summed E-state index contributed by atoms with van der Waals surface area (Å²) in [6.45, 7) is 7.98. The summed E-state index contributed by atoms with van der Waals surface area (Å²) < 4.78 is 0. The lowest BCUT2D eigenvalue weighted by Gasteiger charge is -2.24. The Labute approximate surface area is 111 Å². The number of likely N-dealkylation sites (N-methyl/N-ethyl adjacent to an activating group) is 1. The Morgan fingerprint density at radius 3 is 2.44 bits per heavy atom. The molecular formula is C14H27N3O. The van der Waals surface area contributed by atoms with Gasteiger partial charge < -0.3 is 10.2 Å². The Bertz CT molecular complexity index is 268. The summed E-state index contributed by atoms with van der Waals surface area (Å²) in [6, 6.07) is 0. The van der Waals surface area contributed by atoms with E-state index in [0.29, 0.717) is 12.5 Å². The molecule has 0 aromatic rings. The van der Waals surface area contributed by atoms with Gasteiger partial charge in [0.25, 0.3) is 0 Å². The molecule has 0 bridgehead atoms. The quantitative estimate of drug-likeness (QED) is 0.804. The van der Waals surface area contributed by atoms with Gasteiger partial charge in [-0.1, -0.05) is 6.92 Å². The van der Waals surface area contributed by atoms with Gasteiger partial charge in [0.15, 0.2) is 0 Å². The van der Waals surface area contributed by atoms with E-state index in [0.717, 1.165) is 51.0 Å². The van der Waals surface area contributed by atoms with E-state index in [-0.39, 0.29) is 0 Å². The van der Waals surface area contributed by atoms with Gasteiger partial charge in [-0.25, -0.2) is 0 Å². The molecule has 0 aliphatic carbocycles. The van der Waals surface area contributed by atoms with E-state index in [4.69, 9.17) is 0 Å². The average molecular weight is 253 g/mol. The maximum absolute atomic E-state index is 12.2. The van der Waals surface area contributed by atoms with E-state index in [1.807, 2.05) is 7.05 Å². The maximum Gasteiger partial charge on any atom is 0.236 e. The molecule has 0 saturated carbocycles. The van der Waals surface area contributed by atoms with E-state index in [1.165, 1.54) is 12.8 Å². The van der Waals surface area contributed by atoms with Crippen molar-refractivity contribution in [1.29, 1.82) is 0 Å². The molecule has 0 aromatic heterocycles. The minimum absolute atomic E-state index is 0.318. The lowest BCUT2D eigenvalue weighted by Crippen LogP contribution is -2.40. The molecule has 1 amide bonds.